The first-order chi connectivity index (χ1) is 10.4. The average molecular weight is 347 g/mol. The SMILES string of the molecule is CCNC(=O)N1CCN(S(=O)(=O)c2cccs2)C(C(=O)O)C1. The van der Waals surface area contributed by atoms with Crippen molar-refractivity contribution in [3.8, 4) is 0 Å². The van der Waals surface area contributed by atoms with Gasteiger partial charge in [-0.1, -0.05) is 6.07 Å². The molecule has 1 unspecified atom stereocenters. The van der Waals surface area contributed by atoms with Crippen LogP contribution in [0.3, 0.4) is 0 Å². The Kier molecular flexibility index (Phi) is 5.04. The van der Waals surface area contributed by atoms with E-state index in [9.17, 15) is 23.1 Å². The van der Waals surface area contributed by atoms with Gasteiger partial charge in [0.05, 0.1) is 0 Å². The highest BCUT2D eigenvalue weighted by Gasteiger charge is 2.41. The van der Waals surface area contributed by atoms with E-state index in [4.69, 9.17) is 0 Å². The second-order valence-corrected chi connectivity index (χ2v) is 7.75. The van der Waals surface area contributed by atoms with Crippen molar-refractivity contribution in [2.45, 2.75) is 17.2 Å². The summed E-state index contributed by atoms with van der Waals surface area (Å²) >= 11 is 1.04. The number of piperazine rings is 1. The van der Waals surface area contributed by atoms with Crippen molar-refractivity contribution in [3.63, 3.8) is 0 Å². The van der Waals surface area contributed by atoms with Crippen LogP contribution in [0.25, 0.3) is 0 Å². The number of carbonyl (C=O) groups is 2. The number of urea groups is 1. The Hall–Kier alpha value is -1.65. The fourth-order valence-electron chi connectivity index (χ4n) is 2.23. The van der Waals surface area contributed by atoms with Crippen LogP contribution in [0.15, 0.2) is 21.7 Å². The third kappa shape index (κ3) is 3.23. The molecule has 2 amide bonds. The van der Waals surface area contributed by atoms with E-state index in [0.29, 0.717) is 6.54 Å². The van der Waals surface area contributed by atoms with E-state index in [1.165, 1.54) is 11.0 Å². The van der Waals surface area contributed by atoms with Gasteiger partial charge in [-0.15, -0.1) is 11.3 Å². The lowest BCUT2D eigenvalue weighted by Gasteiger charge is -2.37. The van der Waals surface area contributed by atoms with Gasteiger partial charge < -0.3 is 15.3 Å². The van der Waals surface area contributed by atoms with Crippen molar-refractivity contribution in [3.05, 3.63) is 17.5 Å². The van der Waals surface area contributed by atoms with Crippen molar-refractivity contribution in [1.82, 2.24) is 14.5 Å². The normalized spacial score (nSPS) is 19.9. The zero-order valence-corrected chi connectivity index (χ0v) is 13.6. The van der Waals surface area contributed by atoms with E-state index in [-0.39, 0.29) is 29.9 Å². The van der Waals surface area contributed by atoms with E-state index in [1.54, 1.807) is 18.4 Å². The molecule has 0 aromatic carbocycles. The van der Waals surface area contributed by atoms with Crippen LogP contribution in [0.4, 0.5) is 4.79 Å². The molecular formula is C12H17N3O5S2. The first-order valence-corrected chi connectivity index (χ1v) is 9.00. The molecule has 10 heteroatoms. The number of carboxylic acids is 1. The highest BCUT2D eigenvalue weighted by Crippen LogP contribution is 2.25. The van der Waals surface area contributed by atoms with E-state index >= 15 is 0 Å². The molecule has 122 valence electrons. The minimum atomic E-state index is -3.86. The van der Waals surface area contributed by atoms with Crippen molar-refractivity contribution in [1.29, 1.82) is 0 Å². The zero-order valence-electron chi connectivity index (χ0n) is 11.9. The van der Waals surface area contributed by atoms with Gasteiger partial charge in [-0.3, -0.25) is 4.79 Å². The molecule has 1 aliphatic rings. The molecule has 22 heavy (non-hydrogen) atoms. The molecule has 8 nitrogen and oxygen atoms in total. The Morgan fingerprint density at radius 2 is 2.18 bits per heavy atom. The lowest BCUT2D eigenvalue weighted by Crippen LogP contribution is -2.60. The highest BCUT2D eigenvalue weighted by atomic mass is 32.2. The Morgan fingerprint density at radius 3 is 2.73 bits per heavy atom. The number of carboxylic acid groups (broad SMARTS) is 1. The summed E-state index contributed by atoms with van der Waals surface area (Å²) in [7, 11) is -3.86. The van der Waals surface area contributed by atoms with Crippen LogP contribution < -0.4 is 5.32 Å². The summed E-state index contributed by atoms with van der Waals surface area (Å²) in [5.74, 6) is -1.27. The standard InChI is InChI=1S/C12H17N3O5S2/c1-2-13-12(18)14-5-6-15(9(8-14)11(16)17)22(19,20)10-4-3-7-21-10/h3-4,7,9H,2,5-6,8H2,1H3,(H,13,18)(H,16,17). The smallest absolute Gasteiger partial charge is 0.323 e. The maximum absolute atomic E-state index is 12.5. The molecule has 2 N–H and O–H groups in total. The molecule has 2 rings (SSSR count). The number of aliphatic carboxylic acids is 1. The Bertz CT molecular complexity index is 644. The molecule has 1 fully saturated rings. The molecule has 1 aromatic rings. The van der Waals surface area contributed by atoms with Gasteiger partial charge in [0.2, 0.25) is 0 Å². The Morgan fingerprint density at radius 1 is 1.45 bits per heavy atom. The van der Waals surface area contributed by atoms with Crippen LogP contribution in [-0.4, -0.2) is 67.0 Å². The maximum Gasteiger partial charge on any atom is 0.323 e. The van der Waals surface area contributed by atoms with Gasteiger partial charge in [-0.25, -0.2) is 13.2 Å². The van der Waals surface area contributed by atoms with Crippen molar-refractivity contribution < 1.29 is 23.1 Å². The van der Waals surface area contributed by atoms with Gasteiger partial charge in [0.25, 0.3) is 10.0 Å². The fourth-order valence-corrected chi connectivity index (χ4v) is 4.91. The molecule has 1 saturated heterocycles. The topological polar surface area (TPSA) is 107 Å². The fraction of sp³-hybridized carbons (Fsp3) is 0.500. The third-order valence-electron chi connectivity index (χ3n) is 3.29. The van der Waals surface area contributed by atoms with Crippen LogP contribution in [0.5, 0.6) is 0 Å². The van der Waals surface area contributed by atoms with Crippen molar-refractivity contribution >= 4 is 33.4 Å². The number of thiophene rings is 1. The van der Waals surface area contributed by atoms with Gasteiger partial charge in [0.1, 0.15) is 10.3 Å². The monoisotopic (exact) mass is 347 g/mol. The summed E-state index contributed by atoms with van der Waals surface area (Å²) in [4.78, 5) is 24.6. The molecule has 0 bridgehead atoms. The van der Waals surface area contributed by atoms with Crippen LogP contribution in [0, 0.1) is 0 Å². The number of nitrogens with zero attached hydrogens (tertiary/aromatic N) is 2. The molecule has 0 radical (unpaired) electrons. The highest BCUT2D eigenvalue weighted by molar-refractivity contribution is 7.91. The predicted octanol–water partition coefficient (Wildman–Crippen LogP) is 0.237. The van der Waals surface area contributed by atoms with Gasteiger partial charge in [0.15, 0.2) is 0 Å². The average Bonchev–Trinajstić information content (AvgIpc) is 3.01. The molecule has 1 aromatic heterocycles. The minimum absolute atomic E-state index is 0.0473. The van der Waals surface area contributed by atoms with Gasteiger partial charge in [-0.2, -0.15) is 4.31 Å². The summed E-state index contributed by atoms with van der Waals surface area (Å²) in [6.07, 6.45) is 0. The van der Waals surface area contributed by atoms with E-state index in [0.717, 1.165) is 15.6 Å². The van der Waals surface area contributed by atoms with Crippen LogP contribution in [0.1, 0.15) is 6.92 Å². The first-order valence-electron chi connectivity index (χ1n) is 6.69. The quantitative estimate of drug-likeness (QED) is 0.811. The number of hydrogen-bond acceptors (Lipinski definition) is 5. The predicted molar refractivity (Wildman–Crippen MR) is 80.3 cm³/mol. The molecule has 0 aliphatic carbocycles. The molecule has 0 saturated carbocycles. The second kappa shape index (κ2) is 6.63. The van der Waals surface area contributed by atoms with E-state index < -0.39 is 22.0 Å². The molecule has 2 heterocycles. The number of nitrogens with one attached hydrogen (secondary N) is 1. The number of carbonyl (C=O) groups excluding carboxylic acids is 1. The Balaban J connectivity index is 2.23. The van der Waals surface area contributed by atoms with Gasteiger partial charge in [-0.05, 0) is 18.4 Å². The van der Waals surface area contributed by atoms with E-state index in [2.05, 4.69) is 5.32 Å². The third-order valence-corrected chi connectivity index (χ3v) is 6.57. The van der Waals surface area contributed by atoms with Crippen molar-refractivity contribution in [2.24, 2.45) is 0 Å². The largest absolute Gasteiger partial charge is 0.480 e. The zero-order chi connectivity index (χ0) is 16.3. The summed E-state index contributed by atoms with van der Waals surface area (Å²) in [5, 5.41) is 13.5. The van der Waals surface area contributed by atoms with Crippen LogP contribution in [0.2, 0.25) is 0 Å². The van der Waals surface area contributed by atoms with Gasteiger partial charge in [0, 0.05) is 26.2 Å². The molecular weight excluding hydrogens is 330 g/mol. The first kappa shape index (κ1) is 16.7. The number of amides is 2. The van der Waals surface area contributed by atoms with Gasteiger partial charge >= 0.3 is 12.0 Å². The lowest BCUT2D eigenvalue weighted by atomic mass is 10.2. The lowest BCUT2D eigenvalue weighted by molar-refractivity contribution is -0.142. The summed E-state index contributed by atoms with van der Waals surface area (Å²) in [5.41, 5.74) is 0. The summed E-state index contributed by atoms with van der Waals surface area (Å²) in [6.45, 7) is 2.11. The Labute approximate surface area is 132 Å². The minimum Gasteiger partial charge on any atom is -0.480 e. The number of hydrogen-bond donors (Lipinski definition) is 2. The van der Waals surface area contributed by atoms with Crippen molar-refractivity contribution in [2.75, 3.05) is 26.2 Å². The van der Waals surface area contributed by atoms with Crippen LogP contribution in [-0.2, 0) is 14.8 Å². The molecule has 1 aliphatic heterocycles. The second-order valence-electron chi connectivity index (χ2n) is 4.68. The number of rotatable bonds is 4. The number of sulfonamides is 1. The van der Waals surface area contributed by atoms with E-state index in [1.807, 2.05) is 0 Å². The molecule has 1 atom stereocenters. The molecule has 0 spiro atoms. The summed E-state index contributed by atoms with van der Waals surface area (Å²) in [6, 6.07) is 1.36. The van der Waals surface area contributed by atoms with Crippen LogP contribution >= 0.6 is 11.3 Å². The maximum atomic E-state index is 12.5. The summed E-state index contributed by atoms with van der Waals surface area (Å²) < 4.78 is 26.1.